The predicted octanol–water partition coefficient (Wildman–Crippen LogP) is 3.17. The molecule has 0 spiro atoms. The van der Waals surface area contributed by atoms with E-state index >= 15 is 0 Å². The number of carbonyl (C=O) groups is 1. The van der Waals surface area contributed by atoms with Crippen LogP contribution in [0.5, 0.6) is 0 Å². The van der Waals surface area contributed by atoms with Crippen molar-refractivity contribution in [2.75, 3.05) is 36.5 Å². The fraction of sp³-hybridized carbons (Fsp3) is 0.238. The van der Waals surface area contributed by atoms with Crippen LogP contribution in [-0.2, 0) is 11.3 Å². The Morgan fingerprint density at radius 1 is 1.16 bits per heavy atom. The number of benzene rings is 1. The molecule has 2 N–H and O–H groups in total. The van der Waals surface area contributed by atoms with Gasteiger partial charge in [-0.15, -0.1) is 0 Å². The van der Waals surface area contributed by atoms with Gasteiger partial charge in [0.2, 0.25) is 5.95 Å². The van der Waals surface area contributed by atoms with Gasteiger partial charge in [-0.1, -0.05) is 17.7 Å². The van der Waals surface area contributed by atoms with Crippen molar-refractivity contribution < 1.29 is 13.9 Å². The highest BCUT2D eigenvalue weighted by Crippen LogP contribution is 2.24. The standard InChI is InChI=1S/C21H20ClFN6O2/c22-14-4-5-17(16(23)11-14)27-19-12-15(13-25-20(30)18-3-1-2-6-24-18)26-21(28-19)29-7-9-31-10-8-29/h1-6,11-12H,7-10,13H2,(H,25,30)(H,26,27,28). The third kappa shape index (κ3) is 5.44. The summed E-state index contributed by atoms with van der Waals surface area (Å²) < 4.78 is 19.6. The van der Waals surface area contributed by atoms with Gasteiger partial charge in [-0.2, -0.15) is 4.98 Å². The molecule has 160 valence electrons. The number of morpholine rings is 1. The average Bonchev–Trinajstić information content (AvgIpc) is 2.80. The second-order valence-electron chi connectivity index (χ2n) is 6.79. The number of ether oxygens (including phenoxy) is 1. The van der Waals surface area contributed by atoms with Gasteiger partial charge < -0.3 is 20.3 Å². The van der Waals surface area contributed by atoms with Gasteiger partial charge in [-0.05, 0) is 30.3 Å². The lowest BCUT2D eigenvalue weighted by molar-refractivity contribution is 0.0945. The minimum absolute atomic E-state index is 0.160. The third-order valence-electron chi connectivity index (χ3n) is 4.58. The molecule has 0 atom stereocenters. The lowest BCUT2D eigenvalue weighted by Crippen LogP contribution is -2.37. The predicted molar refractivity (Wildman–Crippen MR) is 115 cm³/mol. The number of nitrogens with one attached hydrogen (secondary N) is 2. The Hall–Kier alpha value is -3.30. The first-order valence-corrected chi connectivity index (χ1v) is 10.1. The fourth-order valence-corrected chi connectivity index (χ4v) is 3.19. The number of hydrogen-bond donors (Lipinski definition) is 2. The summed E-state index contributed by atoms with van der Waals surface area (Å²) >= 11 is 5.84. The fourth-order valence-electron chi connectivity index (χ4n) is 3.03. The van der Waals surface area contributed by atoms with Gasteiger partial charge in [0.25, 0.3) is 5.91 Å². The lowest BCUT2D eigenvalue weighted by Gasteiger charge is -2.27. The zero-order chi connectivity index (χ0) is 21.6. The summed E-state index contributed by atoms with van der Waals surface area (Å²) in [5.41, 5.74) is 1.11. The minimum atomic E-state index is -0.496. The summed E-state index contributed by atoms with van der Waals surface area (Å²) in [5.74, 6) is 0.0685. The molecule has 0 saturated carbocycles. The van der Waals surface area contributed by atoms with Crippen LogP contribution >= 0.6 is 11.6 Å². The first-order chi connectivity index (χ1) is 15.1. The zero-order valence-electron chi connectivity index (χ0n) is 16.5. The number of hydrogen-bond acceptors (Lipinski definition) is 7. The highest BCUT2D eigenvalue weighted by molar-refractivity contribution is 6.30. The van der Waals surface area contributed by atoms with E-state index in [0.717, 1.165) is 0 Å². The number of carbonyl (C=O) groups excluding carboxylic acids is 1. The number of halogens is 2. The quantitative estimate of drug-likeness (QED) is 0.605. The molecule has 1 amide bonds. The Balaban J connectivity index is 1.57. The number of aromatic nitrogens is 3. The molecule has 2 aromatic heterocycles. The summed E-state index contributed by atoms with van der Waals surface area (Å²) in [5, 5.41) is 6.08. The second kappa shape index (κ2) is 9.67. The number of anilines is 3. The van der Waals surface area contributed by atoms with E-state index in [1.807, 2.05) is 4.90 Å². The van der Waals surface area contributed by atoms with Crippen LogP contribution in [0.1, 0.15) is 16.2 Å². The van der Waals surface area contributed by atoms with Crippen molar-refractivity contribution in [3.63, 3.8) is 0 Å². The van der Waals surface area contributed by atoms with Crippen LogP contribution in [0.15, 0.2) is 48.7 Å². The number of nitrogens with zero attached hydrogens (tertiary/aromatic N) is 4. The van der Waals surface area contributed by atoms with Crippen LogP contribution in [0.3, 0.4) is 0 Å². The molecule has 1 aliphatic heterocycles. The van der Waals surface area contributed by atoms with Crippen LogP contribution in [0.25, 0.3) is 0 Å². The van der Waals surface area contributed by atoms with Crippen molar-refractivity contribution in [2.45, 2.75) is 6.54 Å². The van der Waals surface area contributed by atoms with E-state index in [4.69, 9.17) is 16.3 Å². The van der Waals surface area contributed by atoms with Crippen LogP contribution in [-0.4, -0.2) is 47.2 Å². The zero-order valence-corrected chi connectivity index (χ0v) is 17.3. The van der Waals surface area contributed by atoms with Crippen molar-refractivity contribution in [1.82, 2.24) is 20.3 Å². The van der Waals surface area contributed by atoms with E-state index in [1.165, 1.54) is 12.1 Å². The smallest absolute Gasteiger partial charge is 0.270 e. The molecule has 4 rings (SSSR count). The van der Waals surface area contributed by atoms with Crippen molar-refractivity contribution in [3.8, 4) is 0 Å². The lowest BCUT2D eigenvalue weighted by atomic mass is 10.3. The van der Waals surface area contributed by atoms with Gasteiger partial charge in [-0.3, -0.25) is 9.78 Å². The Labute approximate surface area is 183 Å². The summed E-state index contributed by atoms with van der Waals surface area (Å²) in [7, 11) is 0. The van der Waals surface area contributed by atoms with Crippen LogP contribution in [0.4, 0.5) is 21.8 Å². The van der Waals surface area contributed by atoms with E-state index in [1.54, 1.807) is 36.5 Å². The molecule has 0 aliphatic carbocycles. The molecular weight excluding hydrogens is 423 g/mol. The van der Waals surface area contributed by atoms with Crippen LogP contribution in [0.2, 0.25) is 5.02 Å². The third-order valence-corrected chi connectivity index (χ3v) is 4.82. The van der Waals surface area contributed by atoms with Crippen molar-refractivity contribution >= 4 is 35.0 Å². The molecule has 8 nitrogen and oxygen atoms in total. The Morgan fingerprint density at radius 2 is 2.00 bits per heavy atom. The summed E-state index contributed by atoms with van der Waals surface area (Å²) in [6.45, 7) is 2.57. The van der Waals surface area contributed by atoms with Crippen molar-refractivity contribution in [3.05, 3.63) is 70.9 Å². The Morgan fingerprint density at radius 3 is 2.74 bits per heavy atom. The van der Waals surface area contributed by atoms with Gasteiger partial charge >= 0.3 is 0 Å². The molecule has 1 saturated heterocycles. The van der Waals surface area contributed by atoms with Crippen LogP contribution in [0, 0.1) is 5.82 Å². The molecular formula is C21H20ClFN6O2. The number of pyridine rings is 1. The summed E-state index contributed by atoms with van der Waals surface area (Å²) in [6, 6.07) is 11.1. The van der Waals surface area contributed by atoms with Gasteiger partial charge in [0.15, 0.2) is 0 Å². The van der Waals surface area contributed by atoms with E-state index in [-0.39, 0.29) is 18.1 Å². The highest BCUT2D eigenvalue weighted by Gasteiger charge is 2.17. The van der Waals surface area contributed by atoms with Crippen LogP contribution < -0.4 is 15.5 Å². The first-order valence-electron chi connectivity index (χ1n) is 9.70. The van der Waals surface area contributed by atoms with Crippen molar-refractivity contribution in [1.29, 1.82) is 0 Å². The monoisotopic (exact) mass is 442 g/mol. The van der Waals surface area contributed by atoms with Crippen molar-refractivity contribution in [2.24, 2.45) is 0 Å². The summed E-state index contributed by atoms with van der Waals surface area (Å²) in [6.07, 6.45) is 1.55. The van der Waals surface area contributed by atoms with E-state index in [0.29, 0.717) is 54.5 Å². The number of rotatable bonds is 6. The van der Waals surface area contributed by atoms with Gasteiger partial charge in [0, 0.05) is 30.4 Å². The molecule has 3 heterocycles. The van der Waals surface area contributed by atoms with Gasteiger partial charge in [0.1, 0.15) is 17.3 Å². The van der Waals surface area contributed by atoms with E-state index < -0.39 is 5.82 Å². The molecule has 1 fully saturated rings. The Bertz CT molecular complexity index is 1060. The SMILES string of the molecule is O=C(NCc1cc(Nc2ccc(Cl)cc2F)nc(N2CCOCC2)n1)c1ccccn1. The first kappa shape index (κ1) is 21.0. The Kier molecular flexibility index (Phi) is 6.54. The minimum Gasteiger partial charge on any atom is -0.378 e. The molecule has 1 aliphatic rings. The average molecular weight is 443 g/mol. The highest BCUT2D eigenvalue weighted by atomic mass is 35.5. The van der Waals surface area contributed by atoms with Gasteiger partial charge in [0.05, 0.1) is 31.1 Å². The molecule has 0 unspecified atom stereocenters. The second-order valence-corrected chi connectivity index (χ2v) is 7.23. The van der Waals surface area contributed by atoms with Gasteiger partial charge in [-0.25, -0.2) is 9.37 Å². The summed E-state index contributed by atoms with van der Waals surface area (Å²) in [4.78, 5) is 27.5. The molecule has 0 bridgehead atoms. The maximum atomic E-state index is 14.3. The van der Waals surface area contributed by atoms with E-state index in [2.05, 4.69) is 25.6 Å². The molecule has 3 aromatic rings. The molecule has 10 heteroatoms. The number of amides is 1. The molecule has 1 aromatic carbocycles. The maximum absolute atomic E-state index is 14.3. The van der Waals surface area contributed by atoms with E-state index in [9.17, 15) is 9.18 Å². The molecule has 0 radical (unpaired) electrons. The molecule has 31 heavy (non-hydrogen) atoms. The largest absolute Gasteiger partial charge is 0.378 e. The maximum Gasteiger partial charge on any atom is 0.270 e. The normalized spacial score (nSPS) is 13.7. The topological polar surface area (TPSA) is 92.3 Å².